The van der Waals surface area contributed by atoms with Gasteiger partial charge in [0.05, 0.1) is 18.2 Å². The molecule has 5 heteroatoms. The van der Waals surface area contributed by atoms with Gasteiger partial charge in [-0.2, -0.15) is 5.06 Å². The highest BCUT2D eigenvalue weighted by Crippen LogP contribution is 2.19. The van der Waals surface area contributed by atoms with Crippen molar-refractivity contribution in [3.8, 4) is 0 Å². The third-order valence-corrected chi connectivity index (χ3v) is 2.35. The van der Waals surface area contributed by atoms with Crippen molar-refractivity contribution in [1.29, 1.82) is 0 Å². The summed E-state index contributed by atoms with van der Waals surface area (Å²) in [6, 6.07) is -0.526. The SMILES string of the molecule is CC[C@H](C)[C@@H](CO)N(OC(C)(C)C)C(=O)O. The normalized spacial score (nSPS) is 15.6. The monoisotopic (exact) mass is 233 g/mol. The van der Waals surface area contributed by atoms with Crippen molar-refractivity contribution in [3.63, 3.8) is 0 Å². The molecule has 0 aromatic carbocycles. The van der Waals surface area contributed by atoms with E-state index >= 15 is 0 Å². The Hall–Kier alpha value is -0.810. The number of aliphatic hydroxyl groups excluding tert-OH is 1. The average molecular weight is 233 g/mol. The Morgan fingerprint density at radius 2 is 1.94 bits per heavy atom. The van der Waals surface area contributed by atoms with E-state index in [-0.39, 0.29) is 12.5 Å². The summed E-state index contributed by atoms with van der Waals surface area (Å²) in [5, 5.41) is 19.2. The van der Waals surface area contributed by atoms with Gasteiger partial charge in [0.25, 0.3) is 0 Å². The van der Waals surface area contributed by atoms with Crippen molar-refractivity contribution in [2.24, 2.45) is 5.92 Å². The molecule has 96 valence electrons. The fourth-order valence-corrected chi connectivity index (χ4v) is 1.30. The molecule has 2 atom stereocenters. The van der Waals surface area contributed by atoms with E-state index in [0.717, 1.165) is 11.5 Å². The summed E-state index contributed by atoms with van der Waals surface area (Å²) in [4.78, 5) is 16.4. The molecule has 2 N–H and O–H groups in total. The lowest BCUT2D eigenvalue weighted by Crippen LogP contribution is -2.48. The van der Waals surface area contributed by atoms with Crippen molar-refractivity contribution in [2.45, 2.75) is 52.7 Å². The van der Waals surface area contributed by atoms with Gasteiger partial charge < -0.3 is 10.2 Å². The Kier molecular flexibility index (Phi) is 5.75. The minimum absolute atomic E-state index is 0.0449. The quantitative estimate of drug-likeness (QED) is 0.713. The van der Waals surface area contributed by atoms with Crippen molar-refractivity contribution in [1.82, 2.24) is 5.06 Å². The molecule has 0 radical (unpaired) electrons. The molecule has 0 aromatic rings. The number of amides is 1. The maximum absolute atomic E-state index is 11.1. The summed E-state index contributed by atoms with van der Waals surface area (Å²) in [5.41, 5.74) is -0.598. The minimum atomic E-state index is -1.17. The second-order valence-electron chi connectivity index (χ2n) is 4.95. The highest BCUT2D eigenvalue weighted by atomic mass is 16.7. The fraction of sp³-hybridized carbons (Fsp3) is 0.909. The molecule has 0 unspecified atom stereocenters. The zero-order valence-electron chi connectivity index (χ0n) is 10.7. The topological polar surface area (TPSA) is 70.0 Å². The van der Waals surface area contributed by atoms with Crippen LogP contribution in [-0.2, 0) is 4.84 Å². The van der Waals surface area contributed by atoms with Gasteiger partial charge in [-0.05, 0) is 26.7 Å². The van der Waals surface area contributed by atoms with E-state index in [4.69, 9.17) is 9.94 Å². The van der Waals surface area contributed by atoms with Crippen LogP contribution >= 0.6 is 0 Å². The van der Waals surface area contributed by atoms with Gasteiger partial charge in [-0.1, -0.05) is 20.3 Å². The molecule has 0 heterocycles. The van der Waals surface area contributed by atoms with Gasteiger partial charge in [0.2, 0.25) is 0 Å². The molecule has 0 bridgehead atoms. The second kappa shape index (κ2) is 6.06. The van der Waals surface area contributed by atoms with Gasteiger partial charge in [-0.3, -0.25) is 4.84 Å². The summed E-state index contributed by atoms with van der Waals surface area (Å²) >= 11 is 0. The van der Waals surface area contributed by atoms with Crippen LogP contribution in [0.1, 0.15) is 41.0 Å². The second-order valence-corrected chi connectivity index (χ2v) is 4.95. The van der Waals surface area contributed by atoms with E-state index in [1.807, 2.05) is 13.8 Å². The molecule has 0 fully saturated rings. The summed E-state index contributed by atoms with van der Waals surface area (Å²) in [7, 11) is 0. The predicted octanol–water partition coefficient (Wildman–Crippen LogP) is 2.10. The molecule has 0 aliphatic carbocycles. The summed E-state index contributed by atoms with van der Waals surface area (Å²) in [6.45, 7) is 8.92. The molecule has 16 heavy (non-hydrogen) atoms. The molecular weight excluding hydrogens is 210 g/mol. The first-order valence-corrected chi connectivity index (χ1v) is 5.55. The highest BCUT2D eigenvalue weighted by molar-refractivity contribution is 5.64. The van der Waals surface area contributed by atoms with E-state index in [1.165, 1.54) is 0 Å². The maximum atomic E-state index is 11.1. The zero-order chi connectivity index (χ0) is 12.9. The van der Waals surface area contributed by atoms with Crippen molar-refractivity contribution in [3.05, 3.63) is 0 Å². The molecular formula is C11H23NO4. The molecule has 0 saturated heterocycles. The average Bonchev–Trinajstić information content (AvgIpc) is 2.15. The van der Waals surface area contributed by atoms with Crippen LogP contribution in [0, 0.1) is 5.92 Å². The molecule has 0 rings (SSSR count). The lowest BCUT2D eigenvalue weighted by molar-refractivity contribution is -0.234. The molecule has 0 aromatic heterocycles. The van der Waals surface area contributed by atoms with Gasteiger partial charge in [0.1, 0.15) is 0 Å². The number of carbonyl (C=O) groups is 1. The standard InChI is InChI=1S/C11H23NO4/c1-6-8(2)9(7-13)12(10(14)15)16-11(3,4)5/h8-9,13H,6-7H2,1-5H3,(H,14,15)/t8-,9+/m0/s1. The Balaban J connectivity index is 4.80. The Morgan fingerprint density at radius 1 is 1.44 bits per heavy atom. The van der Waals surface area contributed by atoms with E-state index in [1.54, 1.807) is 20.8 Å². The van der Waals surface area contributed by atoms with Crippen LogP contribution in [0.15, 0.2) is 0 Å². The largest absolute Gasteiger partial charge is 0.463 e. The van der Waals surface area contributed by atoms with Crippen LogP contribution in [0.5, 0.6) is 0 Å². The van der Waals surface area contributed by atoms with Crippen molar-refractivity contribution < 1.29 is 19.8 Å². The lowest BCUT2D eigenvalue weighted by atomic mass is 10.00. The van der Waals surface area contributed by atoms with Gasteiger partial charge in [-0.25, -0.2) is 4.79 Å². The fourth-order valence-electron chi connectivity index (χ4n) is 1.30. The molecule has 0 aliphatic rings. The number of hydrogen-bond acceptors (Lipinski definition) is 3. The first kappa shape index (κ1) is 15.2. The molecule has 5 nitrogen and oxygen atoms in total. The van der Waals surface area contributed by atoms with Crippen LogP contribution in [-0.4, -0.2) is 39.6 Å². The number of hydrogen-bond donors (Lipinski definition) is 2. The van der Waals surface area contributed by atoms with Gasteiger partial charge >= 0.3 is 6.09 Å². The van der Waals surface area contributed by atoms with Crippen LogP contribution in [0.4, 0.5) is 4.79 Å². The predicted molar refractivity (Wildman–Crippen MR) is 61.0 cm³/mol. The van der Waals surface area contributed by atoms with Gasteiger partial charge in [-0.15, -0.1) is 0 Å². The minimum Gasteiger partial charge on any atom is -0.463 e. The number of carboxylic acid groups (broad SMARTS) is 1. The van der Waals surface area contributed by atoms with Gasteiger partial charge in [0.15, 0.2) is 0 Å². The summed E-state index contributed by atoms with van der Waals surface area (Å²) in [6.07, 6.45) is -0.392. The number of rotatable bonds is 5. The Bertz CT molecular complexity index is 225. The smallest absolute Gasteiger partial charge is 0.431 e. The molecule has 0 aliphatic heterocycles. The highest BCUT2D eigenvalue weighted by Gasteiger charge is 2.31. The van der Waals surface area contributed by atoms with Crippen LogP contribution < -0.4 is 0 Å². The Morgan fingerprint density at radius 3 is 2.19 bits per heavy atom. The van der Waals surface area contributed by atoms with Gasteiger partial charge in [0, 0.05) is 0 Å². The summed E-state index contributed by atoms with van der Waals surface area (Å²) in [5.74, 6) is 0.0449. The number of hydroxylamine groups is 2. The van der Waals surface area contributed by atoms with Crippen LogP contribution in [0.3, 0.4) is 0 Å². The van der Waals surface area contributed by atoms with Crippen LogP contribution in [0.2, 0.25) is 0 Å². The van der Waals surface area contributed by atoms with Crippen LogP contribution in [0.25, 0.3) is 0 Å². The van der Waals surface area contributed by atoms with E-state index in [0.29, 0.717) is 0 Å². The summed E-state index contributed by atoms with van der Waals surface area (Å²) < 4.78 is 0. The van der Waals surface area contributed by atoms with Crippen molar-refractivity contribution >= 4 is 6.09 Å². The maximum Gasteiger partial charge on any atom is 0.431 e. The first-order chi connectivity index (χ1) is 7.22. The number of aliphatic hydroxyl groups is 1. The molecule has 0 spiro atoms. The van der Waals surface area contributed by atoms with Crippen molar-refractivity contribution in [2.75, 3.05) is 6.61 Å². The van der Waals surface area contributed by atoms with E-state index < -0.39 is 17.7 Å². The first-order valence-electron chi connectivity index (χ1n) is 5.55. The third kappa shape index (κ3) is 4.81. The van der Waals surface area contributed by atoms with E-state index in [2.05, 4.69) is 0 Å². The zero-order valence-corrected chi connectivity index (χ0v) is 10.7. The molecule has 0 saturated carbocycles. The number of nitrogens with zero attached hydrogens (tertiary/aromatic N) is 1. The molecule has 1 amide bonds. The lowest BCUT2D eigenvalue weighted by Gasteiger charge is -2.35. The van der Waals surface area contributed by atoms with E-state index in [9.17, 15) is 9.90 Å². The Labute approximate surface area is 97.0 Å². The third-order valence-electron chi connectivity index (χ3n) is 2.35.